The third-order valence-corrected chi connectivity index (χ3v) is 5.33. The molecule has 1 aromatic carbocycles. The summed E-state index contributed by atoms with van der Waals surface area (Å²) < 4.78 is 17.0. The lowest BCUT2D eigenvalue weighted by Gasteiger charge is -2.26. The Morgan fingerprint density at radius 3 is 3.17 bits per heavy atom. The second kappa shape index (κ2) is 6.06. The fourth-order valence-corrected chi connectivity index (χ4v) is 3.95. The molecule has 128 valence electrons. The number of halogens is 1. The molecule has 1 amide bonds. The SMILES string of the molecule is CCOC[C@]12COC[C@H]1CN(C(=O)c1cc3cc(Cl)ccc3o1)C2. The average Bonchev–Trinajstić information content (AvgIpc) is 3.23. The summed E-state index contributed by atoms with van der Waals surface area (Å²) in [4.78, 5) is 14.7. The number of furan rings is 1. The van der Waals surface area contributed by atoms with E-state index in [1.54, 1.807) is 24.3 Å². The molecule has 2 aliphatic heterocycles. The van der Waals surface area contributed by atoms with Gasteiger partial charge in [0.1, 0.15) is 5.58 Å². The maximum Gasteiger partial charge on any atom is 0.289 e. The van der Waals surface area contributed by atoms with Crippen LogP contribution in [0, 0.1) is 11.3 Å². The van der Waals surface area contributed by atoms with Gasteiger partial charge in [0.05, 0.1) is 19.8 Å². The summed E-state index contributed by atoms with van der Waals surface area (Å²) in [7, 11) is 0. The van der Waals surface area contributed by atoms with E-state index in [9.17, 15) is 4.79 Å². The van der Waals surface area contributed by atoms with E-state index in [0.717, 1.165) is 5.39 Å². The van der Waals surface area contributed by atoms with E-state index in [1.807, 2.05) is 11.8 Å². The molecule has 0 radical (unpaired) electrons. The molecule has 0 aliphatic carbocycles. The molecule has 3 heterocycles. The molecule has 5 nitrogen and oxygen atoms in total. The van der Waals surface area contributed by atoms with E-state index in [1.165, 1.54) is 0 Å². The van der Waals surface area contributed by atoms with E-state index >= 15 is 0 Å². The molecular weight excluding hydrogens is 330 g/mol. The van der Waals surface area contributed by atoms with Gasteiger partial charge in [0.15, 0.2) is 5.76 Å². The van der Waals surface area contributed by atoms with Crippen LogP contribution in [0.15, 0.2) is 28.7 Å². The van der Waals surface area contributed by atoms with Crippen molar-refractivity contribution in [3.63, 3.8) is 0 Å². The normalized spacial score (nSPS) is 26.2. The number of fused-ring (bicyclic) bond motifs is 2. The van der Waals surface area contributed by atoms with Gasteiger partial charge in [-0.15, -0.1) is 0 Å². The number of rotatable bonds is 4. The minimum Gasteiger partial charge on any atom is -0.451 e. The molecule has 2 aromatic rings. The van der Waals surface area contributed by atoms with Crippen LogP contribution in [0.1, 0.15) is 17.5 Å². The number of amides is 1. The van der Waals surface area contributed by atoms with Gasteiger partial charge in [-0.1, -0.05) is 11.6 Å². The molecule has 24 heavy (non-hydrogen) atoms. The monoisotopic (exact) mass is 349 g/mol. The topological polar surface area (TPSA) is 51.9 Å². The summed E-state index contributed by atoms with van der Waals surface area (Å²) in [6.07, 6.45) is 0. The first-order chi connectivity index (χ1) is 11.6. The Hall–Kier alpha value is -1.56. The summed E-state index contributed by atoms with van der Waals surface area (Å²) in [5, 5.41) is 1.48. The van der Waals surface area contributed by atoms with Gasteiger partial charge in [-0.2, -0.15) is 0 Å². The zero-order valence-corrected chi connectivity index (χ0v) is 14.3. The van der Waals surface area contributed by atoms with Crippen molar-refractivity contribution in [3.8, 4) is 0 Å². The first-order valence-corrected chi connectivity index (χ1v) is 8.63. The molecule has 0 unspecified atom stereocenters. The number of benzene rings is 1. The van der Waals surface area contributed by atoms with Gasteiger partial charge >= 0.3 is 0 Å². The Bertz CT molecular complexity index is 773. The van der Waals surface area contributed by atoms with Gasteiger partial charge < -0.3 is 18.8 Å². The van der Waals surface area contributed by atoms with Crippen molar-refractivity contribution < 1.29 is 18.7 Å². The molecule has 2 aliphatic rings. The third kappa shape index (κ3) is 2.61. The molecule has 6 heteroatoms. The number of hydrogen-bond donors (Lipinski definition) is 0. The molecular formula is C18H20ClNO4. The molecule has 1 aromatic heterocycles. The number of hydrogen-bond acceptors (Lipinski definition) is 4. The lowest BCUT2D eigenvalue weighted by Crippen LogP contribution is -2.37. The van der Waals surface area contributed by atoms with Crippen LogP contribution in [0.5, 0.6) is 0 Å². The molecule has 0 spiro atoms. The first-order valence-electron chi connectivity index (χ1n) is 8.25. The molecule has 2 saturated heterocycles. The smallest absolute Gasteiger partial charge is 0.289 e. The Morgan fingerprint density at radius 2 is 2.33 bits per heavy atom. The van der Waals surface area contributed by atoms with Crippen LogP contribution in [0.25, 0.3) is 11.0 Å². The molecule has 2 atom stereocenters. The lowest BCUT2D eigenvalue weighted by atomic mass is 9.82. The zero-order chi connectivity index (χ0) is 16.7. The van der Waals surface area contributed by atoms with Crippen molar-refractivity contribution in [2.45, 2.75) is 6.92 Å². The highest BCUT2D eigenvalue weighted by Gasteiger charge is 2.52. The van der Waals surface area contributed by atoms with Crippen molar-refractivity contribution in [1.29, 1.82) is 0 Å². The Balaban J connectivity index is 1.56. The summed E-state index contributed by atoms with van der Waals surface area (Å²) in [6, 6.07) is 7.12. The van der Waals surface area contributed by atoms with Crippen molar-refractivity contribution >= 4 is 28.5 Å². The highest BCUT2D eigenvalue weighted by molar-refractivity contribution is 6.31. The van der Waals surface area contributed by atoms with Crippen molar-refractivity contribution in [2.24, 2.45) is 11.3 Å². The van der Waals surface area contributed by atoms with Crippen LogP contribution in [0.3, 0.4) is 0 Å². The standard InChI is InChI=1S/C18H20ClNO4/c1-2-22-10-18-9-20(7-13(18)8-23-11-18)17(21)16-6-12-5-14(19)3-4-15(12)24-16/h3-6,13H,2,7-11H2,1H3/t13-,18-/m1/s1. The van der Waals surface area contributed by atoms with Crippen LogP contribution >= 0.6 is 11.6 Å². The molecule has 2 fully saturated rings. The van der Waals surface area contributed by atoms with E-state index in [0.29, 0.717) is 61.8 Å². The van der Waals surface area contributed by atoms with E-state index in [2.05, 4.69) is 0 Å². The maximum absolute atomic E-state index is 12.9. The second-order valence-electron chi connectivity index (χ2n) is 6.69. The summed E-state index contributed by atoms with van der Waals surface area (Å²) >= 11 is 6.00. The lowest BCUT2D eigenvalue weighted by molar-refractivity contribution is 0.0312. The second-order valence-corrected chi connectivity index (χ2v) is 7.13. The highest BCUT2D eigenvalue weighted by Crippen LogP contribution is 2.42. The minimum absolute atomic E-state index is 0.0763. The Labute approximate surface area is 145 Å². The Kier molecular flexibility index (Phi) is 4.03. The van der Waals surface area contributed by atoms with Gasteiger partial charge in [0, 0.05) is 41.4 Å². The molecule has 0 N–H and O–H groups in total. The van der Waals surface area contributed by atoms with Crippen LogP contribution in [-0.4, -0.2) is 50.3 Å². The molecule has 0 bridgehead atoms. The van der Waals surface area contributed by atoms with Gasteiger partial charge in [0.25, 0.3) is 5.91 Å². The fraction of sp³-hybridized carbons (Fsp3) is 0.500. The first kappa shape index (κ1) is 15.9. The van der Waals surface area contributed by atoms with Gasteiger partial charge in [-0.3, -0.25) is 4.79 Å². The van der Waals surface area contributed by atoms with Gasteiger partial charge in [-0.05, 0) is 31.2 Å². The minimum atomic E-state index is -0.0823. The summed E-state index contributed by atoms with van der Waals surface area (Å²) in [5.41, 5.74) is 0.593. The number of carbonyl (C=O) groups is 1. The summed E-state index contributed by atoms with van der Waals surface area (Å²) in [6.45, 7) is 5.96. The van der Waals surface area contributed by atoms with Crippen molar-refractivity contribution in [3.05, 3.63) is 35.0 Å². The number of ether oxygens (including phenoxy) is 2. The summed E-state index contributed by atoms with van der Waals surface area (Å²) in [5.74, 6) is 0.610. The van der Waals surface area contributed by atoms with E-state index in [4.69, 9.17) is 25.5 Å². The predicted molar refractivity (Wildman–Crippen MR) is 90.4 cm³/mol. The largest absolute Gasteiger partial charge is 0.451 e. The van der Waals surface area contributed by atoms with E-state index in [-0.39, 0.29) is 11.3 Å². The van der Waals surface area contributed by atoms with Crippen LogP contribution in [0.2, 0.25) is 5.02 Å². The van der Waals surface area contributed by atoms with Gasteiger partial charge in [-0.25, -0.2) is 0 Å². The maximum atomic E-state index is 12.9. The Morgan fingerprint density at radius 1 is 1.46 bits per heavy atom. The predicted octanol–water partition coefficient (Wildman–Crippen LogP) is 3.21. The quantitative estimate of drug-likeness (QED) is 0.850. The highest BCUT2D eigenvalue weighted by atomic mass is 35.5. The third-order valence-electron chi connectivity index (χ3n) is 5.09. The fourth-order valence-electron chi connectivity index (χ4n) is 3.77. The molecule has 0 saturated carbocycles. The average molecular weight is 350 g/mol. The van der Waals surface area contributed by atoms with E-state index < -0.39 is 0 Å². The van der Waals surface area contributed by atoms with Crippen LogP contribution in [0.4, 0.5) is 0 Å². The van der Waals surface area contributed by atoms with Crippen molar-refractivity contribution in [2.75, 3.05) is 39.5 Å². The van der Waals surface area contributed by atoms with Crippen molar-refractivity contribution in [1.82, 2.24) is 4.90 Å². The van der Waals surface area contributed by atoms with Gasteiger partial charge in [0.2, 0.25) is 0 Å². The molecule has 4 rings (SSSR count). The number of nitrogens with zero attached hydrogens (tertiary/aromatic N) is 1. The van der Waals surface area contributed by atoms with Crippen LogP contribution in [-0.2, 0) is 9.47 Å². The zero-order valence-electron chi connectivity index (χ0n) is 13.6. The van der Waals surface area contributed by atoms with Crippen LogP contribution < -0.4 is 0 Å². The number of carbonyl (C=O) groups excluding carboxylic acids is 1. The number of likely N-dealkylation sites (tertiary alicyclic amines) is 1.